The number of Topliss-reactive ketones (excluding diaryl/α,β-unsaturated/α-hetero) is 3. The Morgan fingerprint density at radius 1 is 0.314 bits per heavy atom. The molecule has 0 saturated heterocycles. The monoisotopic (exact) mass is 1480 g/mol. The first-order valence-electron chi connectivity index (χ1n) is 35.2. The highest BCUT2D eigenvalue weighted by Crippen LogP contribution is 2.09. The summed E-state index contributed by atoms with van der Waals surface area (Å²) < 4.78 is 0. The lowest BCUT2D eigenvalue weighted by Gasteiger charge is -2.14. The van der Waals surface area contributed by atoms with Crippen molar-refractivity contribution in [2.24, 2.45) is 0 Å². The molecule has 0 amide bonds. The van der Waals surface area contributed by atoms with Gasteiger partial charge in [0.15, 0.2) is 17.3 Å². The van der Waals surface area contributed by atoms with Crippen LogP contribution in [0.4, 0.5) is 0 Å². The summed E-state index contributed by atoms with van der Waals surface area (Å²) in [5, 5.41) is 133. The van der Waals surface area contributed by atoms with E-state index in [1.165, 1.54) is 12.2 Å². The van der Waals surface area contributed by atoms with Crippen molar-refractivity contribution >= 4 is 53.2 Å². The number of aliphatic hydroxyl groups is 8. The molecule has 0 aliphatic heterocycles. The van der Waals surface area contributed by atoms with Crippen LogP contribution in [0.15, 0.2) is 194 Å². The number of carbonyl (C=O) groups excluding carboxylic acids is 6. The molecule has 0 saturated carbocycles. The van der Waals surface area contributed by atoms with E-state index in [1.807, 2.05) is 61.6 Å². The van der Waals surface area contributed by atoms with Crippen LogP contribution >= 0.6 is 0 Å². The molecule has 8 atom stereocenters. The molecule has 0 radical (unpaired) electrons. The molecule has 105 heavy (non-hydrogen) atoms. The van der Waals surface area contributed by atoms with Crippen LogP contribution in [0.1, 0.15) is 175 Å². The second-order valence-electron chi connectivity index (χ2n) is 22.6. The summed E-state index contributed by atoms with van der Waals surface area (Å²) in [5.74, 6) is -6.41. The van der Waals surface area contributed by atoms with Gasteiger partial charge in [-0.1, -0.05) is 234 Å². The van der Waals surface area contributed by atoms with Gasteiger partial charge in [0, 0.05) is 37.2 Å². The van der Waals surface area contributed by atoms with Crippen LogP contribution in [0.25, 0.3) is 0 Å². The molecule has 0 aromatic rings. The number of aliphatic carboxylic acids is 6. The van der Waals surface area contributed by atoms with Crippen molar-refractivity contribution in [3.63, 3.8) is 0 Å². The summed E-state index contributed by atoms with van der Waals surface area (Å²) in [7, 11) is 0. The smallest absolute Gasteiger partial charge is 0.303 e. The number of allylic oxidation sites excluding steroid dienone is 22. The maximum atomic E-state index is 10.4. The molecule has 20 N–H and O–H groups in total. The Hall–Kier alpha value is -8.77. The molecule has 0 fully saturated rings. The van der Waals surface area contributed by atoms with Crippen LogP contribution in [0, 0.1) is 0 Å². The minimum Gasteiger partial charge on any atom is -0.550 e. The third-order valence-corrected chi connectivity index (χ3v) is 13.0. The maximum absolute atomic E-state index is 10.4. The predicted octanol–water partition coefficient (Wildman–Crippen LogP) is 3.06. The molecule has 592 valence electrons. The molecular weight excluding hydrogens is 1360 g/mol. The highest BCUT2D eigenvalue weighted by atomic mass is 16.4. The van der Waals surface area contributed by atoms with Crippen LogP contribution in [-0.4, -0.2) is 178 Å². The van der Waals surface area contributed by atoms with Crippen LogP contribution in [0.3, 0.4) is 0 Å². The van der Waals surface area contributed by atoms with Crippen LogP contribution < -0.4 is 32.5 Å². The lowest BCUT2D eigenvalue weighted by Crippen LogP contribution is -2.54. The second kappa shape index (κ2) is 82.5. The Bertz CT molecular complexity index is 2710. The van der Waals surface area contributed by atoms with Gasteiger partial charge in [0.1, 0.15) is 19.6 Å². The second-order valence-corrected chi connectivity index (χ2v) is 22.6. The number of carbonyl (C=O) groups is 9. The van der Waals surface area contributed by atoms with E-state index in [0.717, 1.165) is 38.5 Å². The summed E-state index contributed by atoms with van der Waals surface area (Å²) in [6, 6.07) is 0. The van der Waals surface area contributed by atoms with E-state index in [0.29, 0.717) is 38.5 Å². The van der Waals surface area contributed by atoms with Gasteiger partial charge in [-0.05, 0) is 96.3 Å². The fraction of sp³-hybridized carbons (Fsp3) is 0.481. The number of rotatable bonds is 54. The van der Waals surface area contributed by atoms with Gasteiger partial charge < -0.3 is 103 Å². The van der Waals surface area contributed by atoms with Crippen LogP contribution in [-0.2, 0) is 43.2 Å². The molecule has 0 aliphatic rings. The Morgan fingerprint density at radius 3 is 0.952 bits per heavy atom. The van der Waals surface area contributed by atoms with Crippen molar-refractivity contribution in [3.8, 4) is 0 Å². The lowest BCUT2D eigenvalue weighted by molar-refractivity contribution is -0.354. The van der Waals surface area contributed by atoms with Crippen molar-refractivity contribution < 1.29 is 132 Å². The number of hydrogen-bond donors (Lipinski definition) is 14. The van der Waals surface area contributed by atoms with Crippen molar-refractivity contribution in [1.82, 2.24) is 0 Å². The van der Waals surface area contributed by atoms with Gasteiger partial charge in [-0.15, -0.1) is 0 Å². The quantitative estimate of drug-likeness (QED) is 0.0236. The molecule has 26 nitrogen and oxygen atoms in total. The van der Waals surface area contributed by atoms with Gasteiger partial charge in [0.25, 0.3) is 0 Å². The Kier molecular flexibility index (Phi) is 84.2. The van der Waals surface area contributed by atoms with Gasteiger partial charge >= 0.3 is 17.9 Å². The summed E-state index contributed by atoms with van der Waals surface area (Å²) in [5.41, 5.74) is 9.96. The number of ketones is 3. The first kappa shape index (κ1) is 107. The SMILES string of the molecule is CC/C=C\C[C@@H](O)/C=C/C=C\C=C\C=C\[C@@H](O)[C@@H](O)C/C=C\CCC(=O)[O-].CC/C=C\C[C@H](O)/C=C/C=C\C=C\[C@@H](O)C/C=C\C/C=C\CCC(=O)[O-].CCCCC[C@H](O)/C=C/C=C\C=C\C=C\[C@@H](O)[C@@H](O)CCCC(=O)[O-].[NH3+]CC(=O)CCC(=O)O.[NH3+]CC(=O)CCC(=O)O.[NH3+]CC(=O)CCC(=O)O. The van der Waals surface area contributed by atoms with E-state index in [-0.39, 0.29) is 114 Å². The average molecular weight is 1480 g/mol. The molecule has 0 unspecified atom stereocenters. The van der Waals surface area contributed by atoms with Gasteiger partial charge in [-0.25, -0.2) is 0 Å². The van der Waals surface area contributed by atoms with Crippen LogP contribution in [0.5, 0.6) is 0 Å². The fourth-order valence-electron chi connectivity index (χ4n) is 7.02. The summed E-state index contributed by atoms with van der Waals surface area (Å²) in [6.45, 7) is 6.79. The van der Waals surface area contributed by atoms with Gasteiger partial charge in [0.05, 0.1) is 68.1 Å². The van der Waals surface area contributed by atoms with E-state index in [4.69, 9.17) is 15.3 Å². The van der Waals surface area contributed by atoms with E-state index >= 15 is 0 Å². The zero-order valence-electron chi connectivity index (χ0n) is 61.6. The minimum atomic E-state index is -1.16. The largest absolute Gasteiger partial charge is 0.550 e. The van der Waals surface area contributed by atoms with Crippen molar-refractivity contribution in [2.45, 2.75) is 224 Å². The summed E-state index contributed by atoms with van der Waals surface area (Å²) in [6.07, 6.45) is 60.7. The highest BCUT2D eigenvalue weighted by molar-refractivity contribution is 5.84. The molecule has 0 rings (SSSR count). The van der Waals surface area contributed by atoms with Gasteiger partial charge in [-0.3, -0.25) is 28.8 Å². The normalized spacial score (nSPS) is 14.3. The molecule has 26 heteroatoms. The lowest BCUT2D eigenvalue weighted by atomic mass is 10.1. The fourth-order valence-corrected chi connectivity index (χ4v) is 7.02. The number of aliphatic hydroxyl groups excluding tert-OH is 8. The summed E-state index contributed by atoms with van der Waals surface area (Å²) in [4.78, 5) is 91.4. The van der Waals surface area contributed by atoms with Crippen LogP contribution in [0.2, 0.25) is 0 Å². The Morgan fingerprint density at radius 2 is 0.619 bits per heavy atom. The molecule has 0 aromatic carbocycles. The first-order valence-corrected chi connectivity index (χ1v) is 35.2. The number of hydrogen-bond acceptors (Lipinski definition) is 20. The highest BCUT2D eigenvalue weighted by Gasteiger charge is 2.13. The number of quaternary nitrogens is 3. The van der Waals surface area contributed by atoms with E-state index < -0.39 is 84.6 Å². The molecule has 0 aliphatic carbocycles. The van der Waals surface area contributed by atoms with E-state index in [1.54, 1.807) is 128 Å². The third-order valence-electron chi connectivity index (χ3n) is 13.0. The maximum Gasteiger partial charge on any atom is 0.303 e. The molecule has 0 heterocycles. The molecule has 0 bridgehead atoms. The molecule has 0 spiro atoms. The third kappa shape index (κ3) is 99.5. The Labute approximate surface area is 620 Å². The average Bonchev–Trinajstić information content (AvgIpc) is 1.27. The van der Waals surface area contributed by atoms with E-state index in [9.17, 15) is 99.3 Å². The minimum absolute atomic E-state index is 0.0430. The number of unbranched alkanes of at least 4 members (excludes halogenated alkanes) is 2. The van der Waals surface area contributed by atoms with Gasteiger partial charge in [-0.2, -0.15) is 0 Å². The standard InChI is InChI=1S/C22H32O5.C22H32O4.C20H32O5.3C5H9NO3/c1-2-3-9-14-19(23)15-10-6-4-5-7-11-16-20(24)21(25)17-12-8-13-18-22(26)27;1-2-3-10-15-20(23)17-12-8-9-13-18-21(24)16-11-6-4-5-7-14-19-22(25)26;1-2-3-8-12-17(21)13-9-6-4-5-7-10-14-18(22)19(23)15-11-16-20(24)25;3*6-3-4(7)1-2-5(8)9/h3-12,15-16,19-21,23-25H,2,13-14,17-18H2,1H3,(H,26,27);3,5-13,17-18,20-21,23-24H,2,4,14-16,19H2,1H3,(H,25,26);4-7,9-10,13-14,17-19,21-23H,2-3,8,11-12,15-16H2,1H3,(H,24,25);3*1-3,6H2,(H,8,9)/b6-4-,7-5+,9-3-,12-8-,15-10+,16-11+;7-5-,9-8-,10-3-,11-6-,17-12+,18-13+;6-4-,7-5+,13-9+,14-10+;;;/t19-,20-,21+;20-,21-;17-,18+,19-;;;/m100.../s1. The Balaban J connectivity index is -0.000000297. The first-order chi connectivity index (χ1) is 50.0. The zero-order chi connectivity index (χ0) is 80.5. The van der Waals surface area contributed by atoms with Gasteiger partial charge in [0.2, 0.25) is 0 Å². The zero-order valence-corrected chi connectivity index (χ0v) is 61.6. The molecule has 0 aromatic heterocycles. The van der Waals surface area contributed by atoms with Crippen molar-refractivity contribution in [2.75, 3.05) is 19.6 Å². The number of carboxylic acid groups (broad SMARTS) is 6. The van der Waals surface area contributed by atoms with Crippen molar-refractivity contribution in [1.29, 1.82) is 0 Å². The summed E-state index contributed by atoms with van der Waals surface area (Å²) >= 11 is 0. The van der Waals surface area contributed by atoms with Crippen molar-refractivity contribution in [3.05, 3.63) is 194 Å². The topological polar surface area (TPSA) is 528 Å². The predicted molar refractivity (Wildman–Crippen MR) is 398 cm³/mol. The van der Waals surface area contributed by atoms with E-state index in [2.05, 4.69) is 31.0 Å². The molecular formula is C79H123N3O23. The number of carboxylic acids is 6.